The summed E-state index contributed by atoms with van der Waals surface area (Å²) < 4.78 is 6.37. The van der Waals surface area contributed by atoms with Gasteiger partial charge in [-0.25, -0.2) is 9.97 Å². The number of rotatable bonds is 4. The molecule has 17 heavy (non-hydrogen) atoms. The highest BCUT2D eigenvalue weighted by atomic mass is 79.9. The summed E-state index contributed by atoms with van der Waals surface area (Å²) in [7, 11) is 0. The molecule has 0 unspecified atom stereocenters. The Morgan fingerprint density at radius 1 is 1.35 bits per heavy atom. The lowest BCUT2D eigenvalue weighted by Gasteiger charge is -2.10. The van der Waals surface area contributed by atoms with E-state index in [2.05, 4.69) is 38.1 Å². The standard InChI is InChI=1S/C12H14BrN3O/c1-3-8-10(11-9(13)5-6-17-11)15-7-16-12(8)14-4-2/h5-7H,3-4H2,1-2H3,(H,14,15,16). The summed E-state index contributed by atoms with van der Waals surface area (Å²) in [5, 5.41) is 3.24. The van der Waals surface area contributed by atoms with Crippen LogP contribution >= 0.6 is 15.9 Å². The maximum Gasteiger partial charge on any atom is 0.166 e. The maximum atomic E-state index is 5.46. The summed E-state index contributed by atoms with van der Waals surface area (Å²) in [4.78, 5) is 8.58. The van der Waals surface area contributed by atoms with Crippen molar-refractivity contribution in [2.75, 3.05) is 11.9 Å². The monoisotopic (exact) mass is 295 g/mol. The molecule has 2 aromatic rings. The SMILES string of the molecule is CCNc1ncnc(-c2occc2Br)c1CC. The number of aromatic nitrogens is 2. The molecule has 2 aromatic heterocycles. The summed E-state index contributed by atoms with van der Waals surface area (Å²) >= 11 is 3.46. The average Bonchev–Trinajstić information content (AvgIpc) is 2.75. The molecule has 0 aliphatic heterocycles. The van der Waals surface area contributed by atoms with Crippen molar-refractivity contribution in [1.29, 1.82) is 0 Å². The van der Waals surface area contributed by atoms with Gasteiger partial charge in [-0.05, 0) is 35.3 Å². The lowest BCUT2D eigenvalue weighted by Crippen LogP contribution is -2.05. The quantitative estimate of drug-likeness (QED) is 0.938. The number of nitrogens with zero attached hydrogens (tertiary/aromatic N) is 2. The van der Waals surface area contributed by atoms with E-state index in [1.54, 1.807) is 12.6 Å². The first-order valence-electron chi connectivity index (χ1n) is 5.59. The third-order valence-corrected chi connectivity index (χ3v) is 3.10. The van der Waals surface area contributed by atoms with Crippen LogP contribution in [0.3, 0.4) is 0 Å². The molecule has 0 saturated heterocycles. The fraction of sp³-hybridized carbons (Fsp3) is 0.333. The Labute approximate surface area is 109 Å². The van der Waals surface area contributed by atoms with Crippen LogP contribution < -0.4 is 5.32 Å². The van der Waals surface area contributed by atoms with Crippen molar-refractivity contribution >= 4 is 21.7 Å². The van der Waals surface area contributed by atoms with Crippen molar-refractivity contribution in [3.8, 4) is 11.5 Å². The molecule has 0 aliphatic carbocycles. The van der Waals surface area contributed by atoms with E-state index in [0.29, 0.717) is 0 Å². The first kappa shape index (κ1) is 12.1. The van der Waals surface area contributed by atoms with Crippen molar-refractivity contribution in [3.05, 3.63) is 28.7 Å². The molecule has 0 radical (unpaired) electrons. The van der Waals surface area contributed by atoms with Crippen LogP contribution in [-0.2, 0) is 6.42 Å². The summed E-state index contributed by atoms with van der Waals surface area (Å²) in [6.45, 7) is 4.96. The summed E-state index contributed by atoms with van der Waals surface area (Å²) in [6.07, 6.45) is 4.06. The molecular weight excluding hydrogens is 282 g/mol. The van der Waals surface area contributed by atoms with Gasteiger partial charge in [0.05, 0.1) is 10.7 Å². The molecule has 2 rings (SSSR count). The third kappa shape index (κ3) is 2.34. The second-order valence-corrected chi connectivity index (χ2v) is 4.39. The summed E-state index contributed by atoms with van der Waals surface area (Å²) in [5.41, 5.74) is 1.92. The van der Waals surface area contributed by atoms with Crippen molar-refractivity contribution < 1.29 is 4.42 Å². The second kappa shape index (κ2) is 5.31. The highest BCUT2D eigenvalue weighted by molar-refractivity contribution is 9.10. The Hall–Kier alpha value is -1.36. The average molecular weight is 296 g/mol. The Bertz CT molecular complexity index is 510. The Kier molecular flexibility index (Phi) is 3.78. The summed E-state index contributed by atoms with van der Waals surface area (Å²) in [6, 6.07) is 1.86. The van der Waals surface area contributed by atoms with Crippen LogP contribution in [0, 0.1) is 0 Å². The molecule has 2 heterocycles. The van der Waals surface area contributed by atoms with Gasteiger partial charge in [0.15, 0.2) is 5.76 Å². The fourth-order valence-electron chi connectivity index (χ4n) is 1.73. The third-order valence-electron chi connectivity index (χ3n) is 2.48. The van der Waals surface area contributed by atoms with Crippen LogP contribution in [0.5, 0.6) is 0 Å². The predicted octanol–water partition coefficient (Wildman–Crippen LogP) is 3.49. The van der Waals surface area contributed by atoms with E-state index >= 15 is 0 Å². The molecular formula is C12H14BrN3O. The number of nitrogens with one attached hydrogen (secondary N) is 1. The largest absolute Gasteiger partial charge is 0.461 e. The Balaban J connectivity index is 2.54. The molecule has 0 aromatic carbocycles. The van der Waals surface area contributed by atoms with Crippen molar-refractivity contribution in [2.24, 2.45) is 0 Å². The minimum atomic E-state index is 0.753. The second-order valence-electron chi connectivity index (χ2n) is 3.53. The first-order valence-corrected chi connectivity index (χ1v) is 6.38. The zero-order valence-electron chi connectivity index (χ0n) is 9.83. The van der Waals surface area contributed by atoms with E-state index in [9.17, 15) is 0 Å². The number of anilines is 1. The highest BCUT2D eigenvalue weighted by Gasteiger charge is 2.15. The van der Waals surface area contributed by atoms with Gasteiger partial charge in [-0.2, -0.15) is 0 Å². The van der Waals surface area contributed by atoms with E-state index in [4.69, 9.17) is 4.42 Å². The summed E-state index contributed by atoms with van der Waals surface area (Å²) in [5.74, 6) is 1.63. The molecule has 0 aliphatic rings. The Morgan fingerprint density at radius 3 is 2.76 bits per heavy atom. The van der Waals surface area contributed by atoms with E-state index < -0.39 is 0 Å². The van der Waals surface area contributed by atoms with Crippen LogP contribution in [0.25, 0.3) is 11.5 Å². The van der Waals surface area contributed by atoms with Crippen LogP contribution in [0.4, 0.5) is 5.82 Å². The van der Waals surface area contributed by atoms with Gasteiger partial charge in [-0.1, -0.05) is 6.92 Å². The molecule has 0 atom stereocenters. The van der Waals surface area contributed by atoms with E-state index in [0.717, 1.165) is 40.3 Å². The van der Waals surface area contributed by atoms with Crippen LogP contribution in [0.2, 0.25) is 0 Å². The van der Waals surface area contributed by atoms with Crippen molar-refractivity contribution in [2.45, 2.75) is 20.3 Å². The zero-order chi connectivity index (χ0) is 12.3. The molecule has 0 amide bonds. The van der Waals surface area contributed by atoms with Crippen LogP contribution in [0.15, 0.2) is 27.5 Å². The lowest BCUT2D eigenvalue weighted by atomic mass is 10.1. The van der Waals surface area contributed by atoms with Gasteiger partial charge in [0.2, 0.25) is 0 Å². The normalized spacial score (nSPS) is 10.5. The van der Waals surface area contributed by atoms with Gasteiger partial charge in [0.1, 0.15) is 17.8 Å². The van der Waals surface area contributed by atoms with Gasteiger partial charge in [-0.15, -0.1) is 0 Å². The minimum Gasteiger partial charge on any atom is -0.461 e. The molecule has 0 saturated carbocycles. The van der Waals surface area contributed by atoms with Gasteiger partial charge in [0.25, 0.3) is 0 Å². The smallest absolute Gasteiger partial charge is 0.166 e. The number of furan rings is 1. The van der Waals surface area contributed by atoms with Crippen LogP contribution in [0.1, 0.15) is 19.4 Å². The van der Waals surface area contributed by atoms with Crippen molar-refractivity contribution in [1.82, 2.24) is 9.97 Å². The van der Waals surface area contributed by atoms with E-state index in [1.165, 1.54) is 0 Å². The fourth-order valence-corrected chi connectivity index (χ4v) is 2.11. The van der Waals surface area contributed by atoms with E-state index in [1.807, 2.05) is 13.0 Å². The first-order chi connectivity index (χ1) is 8.27. The molecule has 0 spiro atoms. The molecule has 0 fully saturated rings. The number of hydrogen-bond acceptors (Lipinski definition) is 4. The zero-order valence-corrected chi connectivity index (χ0v) is 11.4. The minimum absolute atomic E-state index is 0.753. The predicted molar refractivity (Wildman–Crippen MR) is 71.0 cm³/mol. The van der Waals surface area contributed by atoms with Crippen molar-refractivity contribution in [3.63, 3.8) is 0 Å². The Morgan fingerprint density at radius 2 is 2.18 bits per heavy atom. The highest BCUT2D eigenvalue weighted by Crippen LogP contribution is 2.32. The lowest BCUT2D eigenvalue weighted by molar-refractivity contribution is 0.577. The molecule has 4 nitrogen and oxygen atoms in total. The molecule has 1 N–H and O–H groups in total. The van der Waals surface area contributed by atoms with Gasteiger partial charge >= 0.3 is 0 Å². The van der Waals surface area contributed by atoms with E-state index in [-0.39, 0.29) is 0 Å². The molecule has 0 bridgehead atoms. The molecule has 90 valence electrons. The number of hydrogen-bond donors (Lipinski definition) is 1. The van der Waals surface area contributed by atoms with Gasteiger partial charge < -0.3 is 9.73 Å². The van der Waals surface area contributed by atoms with Gasteiger partial charge in [-0.3, -0.25) is 0 Å². The molecule has 5 heteroatoms. The van der Waals surface area contributed by atoms with Crippen LogP contribution in [-0.4, -0.2) is 16.5 Å². The maximum absolute atomic E-state index is 5.46. The topological polar surface area (TPSA) is 51.0 Å². The number of halogens is 1. The van der Waals surface area contributed by atoms with Gasteiger partial charge in [0, 0.05) is 12.1 Å².